The molecule has 0 atom stereocenters. The number of aromatic carboxylic acids is 1. The minimum atomic E-state index is -1.03. The molecule has 0 aromatic heterocycles. The highest BCUT2D eigenvalue weighted by atomic mass is 35.5. The van der Waals surface area contributed by atoms with Crippen molar-refractivity contribution >= 4 is 29.2 Å². The van der Waals surface area contributed by atoms with Crippen molar-refractivity contribution in [2.75, 3.05) is 5.32 Å². The van der Waals surface area contributed by atoms with E-state index in [0.29, 0.717) is 27.8 Å². The van der Waals surface area contributed by atoms with Gasteiger partial charge in [-0.1, -0.05) is 29.3 Å². The zero-order valence-electron chi connectivity index (χ0n) is 16.2. The van der Waals surface area contributed by atoms with Crippen molar-refractivity contribution in [3.8, 4) is 11.5 Å². The van der Waals surface area contributed by atoms with Crippen molar-refractivity contribution in [1.82, 2.24) is 0 Å². The molecule has 3 aromatic carbocycles. The maximum atomic E-state index is 12.9. The van der Waals surface area contributed by atoms with E-state index < -0.39 is 5.97 Å². The third-order valence-corrected chi connectivity index (χ3v) is 4.85. The van der Waals surface area contributed by atoms with Crippen LogP contribution in [0.25, 0.3) is 0 Å². The van der Waals surface area contributed by atoms with Crippen molar-refractivity contribution in [2.45, 2.75) is 20.8 Å². The number of carbonyl (C=O) groups is 2. The summed E-state index contributed by atoms with van der Waals surface area (Å²) in [5.74, 6) is -0.435. The maximum Gasteiger partial charge on any atom is 0.335 e. The first kappa shape index (κ1) is 20.4. The van der Waals surface area contributed by atoms with Gasteiger partial charge >= 0.3 is 5.97 Å². The van der Waals surface area contributed by atoms with Gasteiger partial charge in [-0.2, -0.15) is 0 Å². The van der Waals surface area contributed by atoms with E-state index in [9.17, 15) is 9.59 Å². The molecular weight excluding hydrogens is 390 g/mol. The fraction of sp³-hybridized carbons (Fsp3) is 0.130. The second-order valence-corrected chi connectivity index (χ2v) is 7.21. The van der Waals surface area contributed by atoms with E-state index in [-0.39, 0.29) is 11.5 Å². The van der Waals surface area contributed by atoms with Crippen LogP contribution in [0.3, 0.4) is 0 Å². The lowest BCUT2D eigenvalue weighted by molar-refractivity contribution is 0.0696. The molecule has 0 spiro atoms. The van der Waals surface area contributed by atoms with E-state index in [1.54, 1.807) is 12.1 Å². The van der Waals surface area contributed by atoms with Crippen LogP contribution >= 0.6 is 11.6 Å². The van der Waals surface area contributed by atoms with Gasteiger partial charge in [-0.25, -0.2) is 4.79 Å². The number of carboxylic acids is 1. The van der Waals surface area contributed by atoms with Crippen molar-refractivity contribution < 1.29 is 19.4 Å². The zero-order chi connectivity index (χ0) is 21.1. The fourth-order valence-corrected chi connectivity index (χ4v) is 3.01. The standard InChI is InChI=1S/C23H20ClNO4/c1-13-4-9-20(15(3)10-13)29-21-12-19(24)14(2)11-18(21)22(26)25-17-7-5-16(6-8-17)23(27)28/h4-12H,1-3H3,(H,25,26)(H,27,28). The van der Waals surface area contributed by atoms with Crippen LogP contribution < -0.4 is 10.1 Å². The van der Waals surface area contributed by atoms with Crippen LogP contribution in [0.5, 0.6) is 11.5 Å². The summed E-state index contributed by atoms with van der Waals surface area (Å²) in [4.78, 5) is 23.9. The Bertz CT molecular complexity index is 1090. The molecule has 0 aliphatic carbocycles. The minimum Gasteiger partial charge on any atom is -0.478 e. The quantitative estimate of drug-likeness (QED) is 0.541. The van der Waals surface area contributed by atoms with Crippen LogP contribution in [0.1, 0.15) is 37.4 Å². The van der Waals surface area contributed by atoms with Crippen molar-refractivity contribution in [3.63, 3.8) is 0 Å². The molecule has 0 bridgehead atoms. The van der Waals surface area contributed by atoms with Gasteiger partial charge in [0.2, 0.25) is 0 Å². The molecule has 5 nitrogen and oxygen atoms in total. The number of ether oxygens (including phenoxy) is 1. The molecular formula is C23H20ClNO4. The Morgan fingerprint density at radius 2 is 1.59 bits per heavy atom. The van der Waals surface area contributed by atoms with Gasteiger partial charge in [-0.3, -0.25) is 4.79 Å². The van der Waals surface area contributed by atoms with Gasteiger partial charge in [-0.15, -0.1) is 0 Å². The van der Waals surface area contributed by atoms with Gasteiger partial charge in [0.15, 0.2) is 0 Å². The number of anilines is 1. The summed E-state index contributed by atoms with van der Waals surface area (Å²) in [6.45, 7) is 5.73. The maximum absolute atomic E-state index is 12.9. The molecule has 0 radical (unpaired) electrons. The van der Waals surface area contributed by atoms with Crippen molar-refractivity contribution in [2.24, 2.45) is 0 Å². The largest absolute Gasteiger partial charge is 0.478 e. The number of carbonyl (C=O) groups excluding carboxylic acids is 1. The number of rotatable bonds is 5. The van der Waals surface area contributed by atoms with Crippen LogP contribution in [0.2, 0.25) is 5.02 Å². The van der Waals surface area contributed by atoms with E-state index in [1.807, 2.05) is 39.0 Å². The molecule has 1 amide bonds. The number of benzene rings is 3. The predicted octanol–water partition coefficient (Wildman–Crippen LogP) is 6.01. The highest BCUT2D eigenvalue weighted by molar-refractivity contribution is 6.31. The molecule has 0 aliphatic heterocycles. The number of carboxylic acid groups (broad SMARTS) is 1. The Labute approximate surface area is 173 Å². The Balaban J connectivity index is 1.92. The van der Waals surface area contributed by atoms with E-state index in [2.05, 4.69) is 5.32 Å². The number of hydrogen-bond acceptors (Lipinski definition) is 3. The third kappa shape index (κ3) is 4.76. The summed E-state index contributed by atoms with van der Waals surface area (Å²) in [5, 5.41) is 12.3. The lowest BCUT2D eigenvalue weighted by atomic mass is 10.1. The SMILES string of the molecule is Cc1ccc(Oc2cc(Cl)c(C)cc2C(=O)Nc2ccc(C(=O)O)cc2)c(C)c1. The Hall–Kier alpha value is -3.31. The second kappa shape index (κ2) is 8.37. The van der Waals surface area contributed by atoms with Gasteiger partial charge < -0.3 is 15.2 Å². The second-order valence-electron chi connectivity index (χ2n) is 6.81. The summed E-state index contributed by atoms with van der Waals surface area (Å²) in [6, 6.07) is 15.0. The van der Waals surface area contributed by atoms with Gasteiger partial charge in [0.25, 0.3) is 5.91 Å². The van der Waals surface area contributed by atoms with E-state index in [1.165, 1.54) is 24.3 Å². The number of hydrogen-bond donors (Lipinski definition) is 2. The first-order chi connectivity index (χ1) is 13.7. The Kier molecular flexibility index (Phi) is 5.89. The summed E-state index contributed by atoms with van der Waals surface area (Å²) in [7, 11) is 0. The summed E-state index contributed by atoms with van der Waals surface area (Å²) in [6.07, 6.45) is 0. The van der Waals surface area contributed by atoms with E-state index in [0.717, 1.165) is 16.7 Å². The average molecular weight is 410 g/mol. The zero-order valence-corrected chi connectivity index (χ0v) is 17.0. The van der Waals surface area contributed by atoms with Gasteiger partial charge in [0, 0.05) is 16.8 Å². The van der Waals surface area contributed by atoms with Crippen LogP contribution in [-0.4, -0.2) is 17.0 Å². The Morgan fingerprint density at radius 1 is 0.897 bits per heavy atom. The molecule has 29 heavy (non-hydrogen) atoms. The topological polar surface area (TPSA) is 75.6 Å². The molecule has 0 aliphatic rings. The molecule has 3 rings (SSSR count). The lowest BCUT2D eigenvalue weighted by Gasteiger charge is -2.15. The predicted molar refractivity (Wildman–Crippen MR) is 114 cm³/mol. The summed E-state index contributed by atoms with van der Waals surface area (Å²) >= 11 is 6.26. The van der Waals surface area contributed by atoms with Gasteiger partial charge in [-0.05, 0) is 68.3 Å². The molecule has 2 N–H and O–H groups in total. The monoisotopic (exact) mass is 409 g/mol. The van der Waals surface area contributed by atoms with E-state index >= 15 is 0 Å². The summed E-state index contributed by atoms with van der Waals surface area (Å²) in [5.41, 5.74) is 3.74. The van der Waals surface area contributed by atoms with Crippen LogP contribution in [-0.2, 0) is 0 Å². The first-order valence-electron chi connectivity index (χ1n) is 8.94. The molecule has 0 unspecified atom stereocenters. The third-order valence-electron chi connectivity index (χ3n) is 4.45. The first-order valence-corrected chi connectivity index (χ1v) is 9.32. The number of nitrogens with one attached hydrogen (secondary N) is 1. The average Bonchev–Trinajstić information content (AvgIpc) is 2.67. The molecule has 3 aromatic rings. The lowest BCUT2D eigenvalue weighted by Crippen LogP contribution is -2.13. The molecule has 0 saturated carbocycles. The highest BCUT2D eigenvalue weighted by Gasteiger charge is 2.17. The number of halogens is 1. The van der Waals surface area contributed by atoms with Crippen LogP contribution in [0.15, 0.2) is 54.6 Å². The highest BCUT2D eigenvalue weighted by Crippen LogP contribution is 2.33. The molecule has 0 saturated heterocycles. The van der Waals surface area contributed by atoms with Crippen molar-refractivity contribution in [3.05, 3.63) is 87.4 Å². The smallest absolute Gasteiger partial charge is 0.335 e. The Morgan fingerprint density at radius 3 is 2.21 bits per heavy atom. The minimum absolute atomic E-state index is 0.143. The fourth-order valence-electron chi connectivity index (χ4n) is 2.85. The van der Waals surface area contributed by atoms with Crippen LogP contribution in [0.4, 0.5) is 5.69 Å². The molecule has 0 fully saturated rings. The number of amides is 1. The normalized spacial score (nSPS) is 10.5. The molecule has 0 heterocycles. The number of aryl methyl sites for hydroxylation is 3. The van der Waals surface area contributed by atoms with Crippen molar-refractivity contribution in [1.29, 1.82) is 0 Å². The van der Waals surface area contributed by atoms with Gasteiger partial charge in [0.05, 0.1) is 11.1 Å². The van der Waals surface area contributed by atoms with E-state index in [4.69, 9.17) is 21.4 Å². The summed E-state index contributed by atoms with van der Waals surface area (Å²) < 4.78 is 6.02. The molecule has 148 valence electrons. The molecule has 6 heteroatoms. The van der Waals surface area contributed by atoms with Crippen LogP contribution in [0, 0.1) is 20.8 Å². The van der Waals surface area contributed by atoms with Gasteiger partial charge in [0.1, 0.15) is 11.5 Å².